The van der Waals surface area contributed by atoms with Gasteiger partial charge in [-0.15, -0.1) is 0 Å². The van der Waals surface area contributed by atoms with Crippen LogP contribution in [0.1, 0.15) is 5.56 Å². The van der Waals surface area contributed by atoms with Crippen LogP contribution in [-0.4, -0.2) is 12.0 Å². The first-order chi connectivity index (χ1) is 6.72. The molecule has 0 atom stereocenters. The van der Waals surface area contributed by atoms with E-state index in [2.05, 4.69) is 45.3 Å². The quantitative estimate of drug-likeness (QED) is 0.840. The molecule has 1 heterocycles. The summed E-state index contributed by atoms with van der Waals surface area (Å²) in [5.41, 5.74) is 1.23. The van der Waals surface area contributed by atoms with Gasteiger partial charge in [0, 0.05) is 28.5 Å². The van der Waals surface area contributed by atoms with E-state index < -0.39 is 0 Å². The number of pyridine rings is 1. The lowest BCUT2D eigenvalue weighted by atomic mass is 10.1. The monoisotopic (exact) mass is 250 g/mol. The number of fused-ring (bicyclic) bond motifs is 1. The van der Waals surface area contributed by atoms with Gasteiger partial charge in [0.1, 0.15) is 5.82 Å². The standard InChI is InChI=1S/C11H11BrN2/c1-7-5-9-8(10(12)6-7)3-4-14-11(9)13-2/h3-6H,1-2H3,(H,13,14). The molecular weight excluding hydrogens is 240 g/mol. The highest BCUT2D eigenvalue weighted by Crippen LogP contribution is 2.28. The van der Waals surface area contributed by atoms with Gasteiger partial charge in [-0.05, 0) is 30.7 Å². The Bertz CT molecular complexity index is 480. The van der Waals surface area contributed by atoms with Gasteiger partial charge in [0.15, 0.2) is 0 Å². The zero-order valence-electron chi connectivity index (χ0n) is 8.13. The second-order valence-electron chi connectivity index (χ2n) is 3.25. The third-order valence-electron chi connectivity index (χ3n) is 2.21. The molecule has 0 unspecified atom stereocenters. The number of nitrogens with one attached hydrogen (secondary N) is 1. The molecule has 1 aromatic carbocycles. The topological polar surface area (TPSA) is 24.9 Å². The summed E-state index contributed by atoms with van der Waals surface area (Å²) in [7, 11) is 1.89. The Balaban J connectivity index is 2.86. The lowest BCUT2D eigenvalue weighted by molar-refractivity contribution is 1.31. The molecule has 0 bridgehead atoms. The summed E-state index contributed by atoms with van der Waals surface area (Å²) in [5.74, 6) is 0.923. The van der Waals surface area contributed by atoms with Gasteiger partial charge < -0.3 is 5.32 Å². The smallest absolute Gasteiger partial charge is 0.133 e. The van der Waals surface area contributed by atoms with E-state index in [-0.39, 0.29) is 0 Å². The van der Waals surface area contributed by atoms with Gasteiger partial charge in [0.2, 0.25) is 0 Å². The molecule has 0 aliphatic carbocycles. The second-order valence-corrected chi connectivity index (χ2v) is 4.11. The van der Waals surface area contributed by atoms with Crippen LogP contribution in [0.2, 0.25) is 0 Å². The summed E-state index contributed by atoms with van der Waals surface area (Å²) in [6.07, 6.45) is 1.81. The summed E-state index contributed by atoms with van der Waals surface area (Å²) >= 11 is 3.56. The number of hydrogen-bond acceptors (Lipinski definition) is 2. The van der Waals surface area contributed by atoms with Crippen molar-refractivity contribution < 1.29 is 0 Å². The van der Waals surface area contributed by atoms with E-state index in [9.17, 15) is 0 Å². The Labute approximate surface area is 91.5 Å². The van der Waals surface area contributed by atoms with Crippen molar-refractivity contribution >= 4 is 32.5 Å². The fraction of sp³-hybridized carbons (Fsp3) is 0.182. The van der Waals surface area contributed by atoms with E-state index in [4.69, 9.17) is 0 Å². The maximum atomic E-state index is 4.28. The molecule has 0 radical (unpaired) electrons. The molecular formula is C11H11BrN2. The number of anilines is 1. The molecule has 1 N–H and O–H groups in total. The number of halogens is 1. The molecule has 14 heavy (non-hydrogen) atoms. The number of aromatic nitrogens is 1. The molecule has 0 spiro atoms. The number of nitrogens with zero attached hydrogens (tertiary/aromatic N) is 1. The molecule has 0 amide bonds. The van der Waals surface area contributed by atoms with Gasteiger partial charge in [0.25, 0.3) is 0 Å². The van der Waals surface area contributed by atoms with Crippen molar-refractivity contribution in [3.8, 4) is 0 Å². The van der Waals surface area contributed by atoms with Crippen LogP contribution in [0.15, 0.2) is 28.9 Å². The molecule has 2 nitrogen and oxygen atoms in total. The first kappa shape index (κ1) is 9.46. The fourth-order valence-corrected chi connectivity index (χ4v) is 2.28. The van der Waals surface area contributed by atoms with Gasteiger partial charge >= 0.3 is 0 Å². The van der Waals surface area contributed by atoms with Gasteiger partial charge in [-0.1, -0.05) is 15.9 Å². The van der Waals surface area contributed by atoms with Gasteiger partial charge in [0.05, 0.1) is 0 Å². The van der Waals surface area contributed by atoms with E-state index in [1.807, 2.05) is 19.3 Å². The average molecular weight is 251 g/mol. The molecule has 1 aromatic heterocycles. The van der Waals surface area contributed by atoms with E-state index in [1.165, 1.54) is 10.9 Å². The lowest BCUT2D eigenvalue weighted by Gasteiger charge is -2.07. The molecule has 0 aliphatic rings. The average Bonchev–Trinajstić information content (AvgIpc) is 2.17. The second kappa shape index (κ2) is 3.58. The van der Waals surface area contributed by atoms with Crippen LogP contribution in [0.5, 0.6) is 0 Å². The van der Waals surface area contributed by atoms with Crippen molar-refractivity contribution in [1.82, 2.24) is 4.98 Å². The Hall–Kier alpha value is -1.09. The highest BCUT2D eigenvalue weighted by Gasteiger charge is 2.04. The van der Waals surface area contributed by atoms with Crippen molar-refractivity contribution in [2.24, 2.45) is 0 Å². The van der Waals surface area contributed by atoms with Crippen molar-refractivity contribution in [3.05, 3.63) is 34.4 Å². The van der Waals surface area contributed by atoms with Crippen LogP contribution in [-0.2, 0) is 0 Å². The Morgan fingerprint density at radius 3 is 2.79 bits per heavy atom. The SMILES string of the molecule is CNc1nccc2c(Br)cc(C)cc12. The van der Waals surface area contributed by atoms with Crippen LogP contribution < -0.4 is 5.32 Å². The predicted octanol–water partition coefficient (Wildman–Crippen LogP) is 3.35. The van der Waals surface area contributed by atoms with Crippen LogP contribution in [0.4, 0.5) is 5.82 Å². The fourth-order valence-electron chi connectivity index (χ4n) is 1.57. The summed E-state index contributed by atoms with van der Waals surface area (Å²) in [6.45, 7) is 2.08. The lowest BCUT2D eigenvalue weighted by Crippen LogP contribution is -1.93. The molecule has 2 aromatic rings. The Kier molecular flexibility index (Phi) is 2.42. The molecule has 0 saturated heterocycles. The van der Waals surface area contributed by atoms with E-state index in [0.29, 0.717) is 0 Å². The summed E-state index contributed by atoms with van der Waals surface area (Å²) in [5, 5.41) is 5.44. The molecule has 2 rings (SSSR count). The number of hydrogen-bond donors (Lipinski definition) is 1. The highest BCUT2D eigenvalue weighted by atomic mass is 79.9. The van der Waals surface area contributed by atoms with Crippen molar-refractivity contribution in [2.75, 3.05) is 12.4 Å². The van der Waals surface area contributed by atoms with E-state index in [0.717, 1.165) is 15.7 Å². The number of aryl methyl sites for hydroxylation is 1. The van der Waals surface area contributed by atoms with Gasteiger partial charge in [-0.3, -0.25) is 0 Å². The third-order valence-corrected chi connectivity index (χ3v) is 2.87. The summed E-state index contributed by atoms with van der Waals surface area (Å²) in [6, 6.07) is 6.26. The summed E-state index contributed by atoms with van der Waals surface area (Å²) < 4.78 is 1.12. The van der Waals surface area contributed by atoms with Crippen LogP contribution >= 0.6 is 15.9 Å². The number of rotatable bonds is 1. The molecule has 3 heteroatoms. The zero-order chi connectivity index (χ0) is 10.1. The zero-order valence-corrected chi connectivity index (χ0v) is 9.72. The van der Waals surface area contributed by atoms with Crippen LogP contribution in [0, 0.1) is 6.92 Å². The molecule has 0 fully saturated rings. The van der Waals surface area contributed by atoms with Crippen LogP contribution in [0.25, 0.3) is 10.8 Å². The minimum atomic E-state index is 0.923. The maximum absolute atomic E-state index is 4.28. The minimum Gasteiger partial charge on any atom is -0.373 e. The largest absolute Gasteiger partial charge is 0.373 e. The molecule has 0 saturated carbocycles. The van der Waals surface area contributed by atoms with Crippen molar-refractivity contribution in [3.63, 3.8) is 0 Å². The molecule has 0 aliphatic heterocycles. The first-order valence-electron chi connectivity index (χ1n) is 4.45. The maximum Gasteiger partial charge on any atom is 0.133 e. The highest BCUT2D eigenvalue weighted by molar-refractivity contribution is 9.10. The number of benzene rings is 1. The van der Waals surface area contributed by atoms with Crippen molar-refractivity contribution in [1.29, 1.82) is 0 Å². The Morgan fingerprint density at radius 2 is 2.07 bits per heavy atom. The van der Waals surface area contributed by atoms with Gasteiger partial charge in [-0.2, -0.15) is 0 Å². The van der Waals surface area contributed by atoms with E-state index >= 15 is 0 Å². The summed E-state index contributed by atoms with van der Waals surface area (Å²) in [4.78, 5) is 4.28. The third kappa shape index (κ3) is 1.48. The Morgan fingerprint density at radius 1 is 1.29 bits per heavy atom. The first-order valence-corrected chi connectivity index (χ1v) is 5.24. The predicted molar refractivity (Wildman–Crippen MR) is 63.7 cm³/mol. The van der Waals surface area contributed by atoms with E-state index in [1.54, 1.807) is 0 Å². The van der Waals surface area contributed by atoms with Crippen molar-refractivity contribution in [2.45, 2.75) is 6.92 Å². The van der Waals surface area contributed by atoms with Gasteiger partial charge in [-0.25, -0.2) is 4.98 Å². The minimum absolute atomic E-state index is 0.923. The normalized spacial score (nSPS) is 10.5. The van der Waals surface area contributed by atoms with Crippen LogP contribution in [0.3, 0.4) is 0 Å². The molecule has 72 valence electrons.